The van der Waals surface area contributed by atoms with Crippen LogP contribution in [0.15, 0.2) is 0 Å². The summed E-state index contributed by atoms with van der Waals surface area (Å²) in [6.07, 6.45) is 0. The van der Waals surface area contributed by atoms with Gasteiger partial charge in [-0.25, -0.2) is 0 Å². The van der Waals surface area contributed by atoms with Gasteiger partial charge in [0.05, 0.1) is 5.60 Å². The van der Waals surface area contributed by atoms with Crippen LogP contribution < -0.4 is 10.6 Å². The monoisotopic (exact) mass is 216 g/mol. The Bertz CT molecular complexity index is 110. The van der Waals surface area contributed by atoms with Crippen molar-refractivity contribution in [3.05, 3.63) is 0 Å². The quantitative estimate of drug-likeness (QED) is 0.586. The highest BCUT2D eigenvalue weighted by Gasteiger charge is 2.27. The zero-order valence-electron chi connectivity index (χ0n) is 7.46. The van der Waals surface area contributed by atoms with E-state index in [1.165, 1.54) is 0 Å². The Labute approximate surface area is 86.1 Å². The van der Waals surface area contributed by atoms with E-state index in [1.54, 1.807) is 0 Å². The molecule has 0 spiro atoms. The zero-order valence-corrected chi connectivity index (χ0v) is 9.10. The number of aliphatic hydroxyl groups is 1. The molecule has 0 unspecified atom stereocenters. The molecule has 1 aliphatic rings. The largest absolute Gasteiger partial charge is 0.389 e. The Kier molecular flexibility index (Phi) is 7.47. The lowest BCUT2D eigenvalue weighted by Gasteiger charge is -2.33. The Morgan fingerprint density at radius 3 is 2.08 bits per heavy atom. The molecular weight excluding hydrogens is 199 g/mol. The lowest BCUT2D eigenvalue weighted by atomic mass is 9.98. The minimum Gasteiger partial charge on any atom is -0.389 e. The third-order valence-electron chi connectivity index (χ3n) is 1.89. The van der Waals surface area contributed by atoms with Crippen molar-refractivity contribution in [2.45, 2.75) is 25.5 Å². The van der Waals surface area contributed by atoms with Crippen LogP contribution in [0.25, 0.3) is 0 Å². The summed E-state index contributed by atoms with van der Waals surface area (Å²) in [7, 11) is 0. The number of hydrogen-bond acceptors (Lipinski definition) is 3. The normalized spacial score (nSPS) is 23.8. The van der Waals surface area contributed by atoms with Gasteiger partial charge < -0.3 is 15.7 Å². The molecule has 1 fully saturated rings. The lowest BCUT2D eigenvalue weighted by molar-refractivity contribution is 0.0328. The lowest BCUT2D eigenvalue weighted by Crippen LogP contribution is -2.57. The molecule has 0 radical (unpaired) electrons. The highest BCUT2D eigenvalue weighted by Crippen LogP contribution is 2.08. The molecule has 1 saturated heterocycles. The van der Waals surface area contributed by atoms with E-state index in [9.17, 15) is 5.11 Å². The van der Waals surface area contributed by atoms with Crippen molar-refractivity contribution in [2.75, 3.05) is 19.6 Å². The van der Waals surface area contributed by atoms with Gasteiger partial charge in [-0.05, 0) is 13.8 Å². The second kappa shape index (κ2) is 6.00. The van der Waals surface area contributed by atoms with Crippen molar-refractivity contribution in [3.8, 4) is 0 Å². The molecule has 76 valence electrons. The molecule has 12 heavy (non-hydrogen) atoms. The van der Waals surface area contributed by atoms with Gasteiger partial charge in [-0.2, -0.15) is 0 Å². The topological polar surface area (TPSA) is 44.3 Å². The number of nitrogens with one attached hydrogen (secondary N) is 2. The molecule has 5 heteroatoms. The fourth-order valence-electron chi connectivity index (χ4n) is 1.15. The third-order valence-corrected chi connectivity index (χ3v) is 1.89. The van der Waals surface area contributed by atoms with Crippen LogP contribution in [-0.4, -0.2) is 36.4 Å². The van der Waals surface area contributed by atoms with E-state index >= 15 is 0 Å². The van der Waals surface area contributed by atoms with E-state index in [-0.39, 0.29) is 30.9 Å². The van der Waals surface area contributed by atoms with Gasteiger partial charge in [0.1, 0.15) is 0 Å². The van der Waals surface area contributed by atoms with E-state index in [2.05, 4.69) is 10.6 Å². The maximum Gasteiger partial charge on any atom is 0.0756 e. The molecule has 0 aliphatic carbocycles. The fraction of sp³-hybridized carbons (Fsp3) is 1.00. The van der Waals surface area contributed by atoms with Crippen molar-refractivity contribution >= 4 is 24.8 Å². The molecule has 0 amide bonds. The summed E-state index contributed by atoms with van der Waals surface area (Å²) in [5.74, 6) is 0. The second-order valence-corrected chi connectivity index (χ2v) is 3.36. The smallest absolute Gasteiger partial charge is 0.0756 e. The first-order valence-corrected chi connectivity index (χ1v) is 3.77. The summed E-state index contributed by atoms with van der Waals surface area (Å²) in [4.78, 5) is 0. The highest BCUT2D eigenvalue weighted by molar-refractivity contribution is 5.85. The first kappa shape index (κ1) is 15.0. The summed E-state index contributed by atoms with van der Waals surface area (Å²) >= 11 is 0. The first-order valence-electron chi connectivity index (χ1n) is 3.77. The van der Waals surface area contributed by atoms with Crippen LogP contribution in [0.3, 0.4) is 0 Å². The molecule has 0 bridgehead atoms. The standard InChI is InChI=1S/C7H16N2O.2ClH/c1-7(2,10)6-5-8-3-4-9-6;;/h6,8-10H,3-5H2,1-2H3;2*1H/t6-;;/m0../s1. The van der Waals surface area contributed by atoms with Crippen LogP contribution in [0.5, 0.6) is 0 Å². The molecule has 0 aromatic rings. The van der Waals surface area contributed by atoms with Crippen LogP contribution in [0.1, 0.15) is 13.8 Å². The minimum absolute atomic E-state index is 0. The maximum atomic E-state index is 9.54. The van der Waals surface area contributed by atoms with Crippen LogP contribution >= 0.6 is 24.8 Å². The zero-order chi connectivity index (χ0) is 7.61. The Hall–Kier alpha value is 0.460. The molecule has 0 aromatic heterocycles. The predicted octanol–water partition coefficient (Wildman–Crippen LogP) is 0.162. The van der Waals surface area contributed by atoms with Crippen molar-refractivity contribution in [3.63, 3.8) is 0 Å². The average Bonchev–Trinajstić information content (AvgIpc) is 1.88. The minimum atomic E-state index is -0.604. The number of rotatable bonds is 1. The van der Waals surface area contributed by atoms with E-state index in [1.807, 2.05) is 13.8 Å². The van der Waals surface area contributed by atoms with Crippen LogP contribution in [0.2, 0.25) is 0 Å². The van der Waals surface area contributed by atoms with Crippen molar-refractivity contribution in [1.29, 1.82) is 0 Å². The summed E-state index contributed by atoms with van der Waals surface area (Å²) in [5.41, 5.74) is -0.604. The average molecular weight is 217 g/mol. The number of piperazine rings is 1. The molecular formula is C7H18Cl2N2O. The van der Waals surface area contributed by atoms with E-state index in [0.29, 0.717) is 0 Å². The van der Waals surface area contributed by atoms with E-state index in [4.69, 9.17) is 0 Å². The van der Waals surface area contributed by atoms with Gasteiger partial charge in [0.15, 0.2) is 0 Å². The van der Waals surface area contributed by atoms with Gasteiger partial charge in [0.25, 0.3) is 0 Å². The summed E-state index contributed by atoms with van der Waals surface area (Å²) < 4.78 is 0. The highest BCUT2D eigenvalue weighted by atomic mass is 35.5. The van der Waals surface area contributed by atoms with Crippen molar-refractivity contribution in [1.82, 2.24) is 10.6 Å². The van der Waals surface area contributed by atoms with Gasteiger partial charge >= 0.3 is 0 Å². The molecule has 1 aliphatic heterocycles. The fourth-order valence-corrected chi connectivity index (χ4v) is 1.15. The van der Waals surface area contributed by atoms with Gasteiger partial charge in [0, 0.05) is 25.7 Å². The predicted molar refractivity (Wildman–Crippen MR) is 55.5 cm³/mol. The molecule has 3 N–H and O–H groups in total. The summed E-state index contributed by atoms with van der Waals surface area (Å²) in [6.45, 7) is 6.49. The molecule has 0 saturated carbocycles. The van der Waals surface area contributed by atoms with Crippen LogP contribution in [0.4, 0.5) is 0 Å². The molecule has 1 heterocycles. The third kappa shape index (κ3) is 4.48. The molecule has 3 nitrogen and oxygen atoms in total. The Morgan fingerprint density at radius 2 is 1.83 bits per heavy atom. The summed E-state index contributed by atoms with van der Waals surface area (Å²) in [5, 5.41) is 16.0. The molecule has 1 atom stereocenters. The van der Waals surface area contributed by atoms with Crippen molar-refractivity contribution < 1.29 is 5.11 Å². The number of hydrogen-bond donors (Lipinski definition) is 3. The molecule has 0 aromatic carbocycles. The number of halogens is 2. The van der Waals surface area contributed by atoms with Gasteiger partial charge in [-0.1, -0.05) is 0 Å². The van der Waals surface area contributed by atoms with Gasteiger partial charge in [0.2, 0.25) is 0 Å². The van der Waals surface area contributed by atoms with Gasteiger partial charge in [-0.15, -0.1) is 24.8 Å². The molecule has 1 rings (SSSR count). The maximum absolute atomic E-state index is 9.54. The van der Waals surface area contributed by atoms with Gasteiger partial charge in [-0.3, -0.25) is 0 Å². The van der Waals surface area contributed by atoms with Crippen LogP contribution in [-0.2, 0) is 0 Å². The van der Waals surface area contributed by atoms with Crippen molar-refractivity contribution in [2.24, 2.45) is 0 Å². The Balaban J connectivity index is 0. The van der Waals surface area contributed by atoms with E-state index < -0.39 is 5.60 Å². The second-order valence-electron chi connectivity index (χ2n) is 3.36. The SMILES string of the molecule is CC(C)(O)[C@@H]1CNCCN1.Cl.Cl. The van der Waals surface area contributed by atoms with Crippen LogP contribution in [0, 0.1) is 0 Å². The summed E-state index contributed by atoms with van der Waals surface area (Å²) in [6, 6.07) is 0.196. The first-order chi connectivity index (χ1) is 4.61. The Morgan fingerprint density at radius 1 is 1.25 bits per heavy atom. The van der Waals surface area contributed by atoms with E-state index in [0.717, 1.165) is 19.6 Å².